The van der Waals surface area contributed by atoms with Gasteiger partial charge in [0, 0.05) is 12.4 Å². The third-order valence-corrected chi connectivity index (χ3v) is 5.09. The fraction of sp³-hybridized carbons (Fsp3) is 0.188. The summed E-state index contributed by atoms with van der Waals surface area (Å²) >= 11 is 7.45. The number of hydrogen-bond acceptors (Lipinski definition) is 5. The van der Waals surface area contributed by atoms with Gasteiger partial charge in [0.25, 0.3) is 5.91 Å². The van der Waals surface area contributed by atoms with E-state index in [1.54, 1.807) is 16.8 Å². The summed E-state index contributed by atoms with van der Waals surface area (Å²) in [6.45, 7) is 1.90. The molecule has 1 aromatic carbocycles. The molecule has 3 aromatic rings. The minimum absolute atomic E-state index is 0.292. The lowest BCUT2D eigenvalue weighted by Crippen LogP contribution is -2.11. The number of aryl methyl sites for hydroxylation is 2. The first-order chi connectivity index (χ1) is 11.4. The molecule has 24 heavy (non-hydrogen) atoms. The summed E-state index contributed by atoms with van der Waals surface area (Å²) in [5.74, 6) is -0.787. The summed E-state index contributed by atoms with van der Waals surface area (Å²) in [6, 6.07) is 6.38. The highest BCUT2D eigenvalue weighted by Gasteiger charge is 2.17. The maximum Gasteiger partial charge on any atom is 0.337 e. The van der Waals surface area contributed by atoms with Crippen molar-refractivity contribution in [2.45, 2.75) is 6.92 Å². The van der Waals surface area contributed by atoms with Crippen LogP contribution in [0, 0.1) is 6.92 Å². The second-order valence-electron chi connectivity index (χ2n) is 5.18. The molecular formula is C16H14ClN3O3S. The molecule has 6 nitrogen and oxygen atoms in total. The van der Waals surface area contributed by atoms with Crippen molar-refractivity contribution in [1.29, 1.82) is 0 Å². The van der Waals surface area contributed by atoms with Crippen LogP contribution in [0.5, 0.6) is 0 Å². The second kappa shape index (κ2) is 6.26. The van der Waals surface area contributed by atoms with E-state index < -0.39 is 5.97 Å². The van der Waals surface area contributed by atoms with Crippen LogP contribution in [-0.2, 0) is 11.8 Å². The van der Waals surface area contributed by atoms with Crippen LogP contribution >= 0.6 is 22.9 Å². The molecule has 0 spiro atoms. The van der Waals surface area contributed by atoms with Crippen molar-refractivity contribution < 1.29 is 14.3 Å². The molecule has 1 N–H and O–H groups in total. The van der Waals surface area contributed by atoms with Crippen LogP contribution in [0.4, 0.5) is 5.69 Å². The van der Waals surface area contributed by atoms with Crippen LogP contribution in [0.25, 0.3) is 10.2 Å². The van der Waals surface area contributed by atoms with Gasteiger partial charge in [-0.05, 0) is 31.2 Å². The van der Waals surface area contributed by atoms with Gasteiger partial charge in [0.2, 0.25) is 0 Å². The van der Waals surface area contributed by atoms with Crippen LogP contribution in [0.3, 0.4) is 0 Å². The Kier molecular flexibility index (Phi) is 4.29. The van der Waals surface area contributed by atoms with Crippen LogP contribution in [0.1, 0.15) is 25.7 Å². The molecule has 0 aliphatic carbocycles. The number of rotatable bonds is 3. The molecule has 0 atom stereocenters. The number of esters is 1. The minimum Gasteiger partial charge on any atom is -0.465 e. The highest BCUT2D eigenvalue weighted by molar-refractivity contribution is 7.20. The number of nitrogens with one attached hydrogen (secondary N) is 1. The van der Waals surface area contributed by atoms with Gasteiger partial charge >= 0.3 is 5.97 Å². The molecule has 0 radical (unpaired) electrons. The quantitative estimate of drug-likeness (QED) is 0.721. The normalized spacial score (nSPS) is 10.8. The Morgan fingerprint density at radius 1 is 1.33 bits per heavy atom. The van der Waals surface area contributed by atoms with Gasteiger partial charge in [0.15, 0.2) is 0 Å². The fourth-order valence-electron chi connectivity index (χ4n) is 2.37. The van der Waals surface area contributed by atoms with E-state index in [2.05, 4.69) is 15.2 Å². The largest absolute Gasteiger partial charge is 0.465 e. The Morgan fingerprint density at radius 3 is 2.75 bits per heavy atom. The number of methoxy groups -OCH3 is 1. The molecule has 0 fully saturated rings. The third-order valence-electron chi connectivity index (χ3n) is 3.56. The molecule has 8 heteroatoms. The predicted molar refractivity (Wildman–Crippen MR) is 94.1 cm³/mol. The number of anilines is 1. The first-order valence-corrected chi connectivity index (χ1v) is 8.22. The number of carbonyl (C=O) groups is 2. The van der Waals surface area contributed by atoms with Gasteiger partial charge < -0.3 is 10.1 Å². The standard InChI is InChI=1S/C16H14ClN3O3S/c1-8-10-7-13(24-15(10)20(2)19-8)14(21)18-12-6-9(16(22)23-3)4-5-11(12)17/h4-7H,1-3H3,(H,18,21). The number of thiophene rings is 1. The Hall–Kier alpha value is -2.38. The Balaban J connectivity index is 1.91. The molecule has 2 aromatic heterocycles. The van der Waals surface area contributed by atoms with Crippen LogP contribution < -0.4 is 5.32 Å². The Morgan fingerprint density at radius 2 is 2.08 bits per heavy atom. The maximum atomic E-state index is 12.5. The average Bonchev–Trinajstić information content (AvgIpc) is 3.11. The number of nitrogens with zero attached hydrogens (tertiary/aromatic N) is 2. The molecule has 0 saturated carbocycles. The number of carbonyl (C=O) groups excluding carboxylic acids is 2. The number of amides is 1. The van der Waals surface area contributed by atoms with Crippen molar-refractivity contribution in [3.05, 3.63) is 45.4 Å². The zero-order chi connectivity index (χ0) is 17.4. The van der Waals surface area contributed by atoms with Gasteiger partial charge in [0.05, 0.1) is 34.0 Å². The molecule has 0 bridgehead atoms. The predicted octanol–water partition coefficient (Wildman–Crippen LogP) is 3.64. The molecule has 0 aliphatic rings. The zero-order valence-electron chi connectivity index (χ0n) is 13.2. The number of halogens is 1. The second-order valence-corrected chi connectivity index (χ2v) is 6.62. The van der Waals surface area contributed by atoms with E-state index in [1.165, 1.54) is 30.6 Å². The van der Waals surface area contributed by atoms with E-state index in [9.17, 15) is 9.59 Å². The molecule has 124 valence electrons. The van der Waals surface area contributed by atoms with Crippen molar-refractivity contribution in [2.24, 2.45) is 7.05 Å². The van der Waals surface area contributed by atoms with Crippen LogP contribution in [0.15, 0.2) is 24.3 Å². The molecule has 2 heterocycles. The van der Waals surface area contributed by atoms with E-state index in [4.69, 9.17) is 11.6 Å². The lowest BCUT2D eigenvalue weighted by Gasteiger charge is -2.08. The summed E-state index contributed by atoms with van der Waals surface area (Å²) < 4.78 is 6.42. The van der Waals surface area contributed by atoms with Crippen molar-refractivity contribution >= 4 is 50.7 Å². The van der Waals surface area contributed by atoms with Crippen molar-refractivity contribution in [3.63, 3.8) is 0 Å². The summed E-state index contributed by atoms with van der Waals surface area (Å²) in [7, 11) is 3.13. The molecule has 0 unspecified atom stereocenters. The van der Waals surface area contributed by atoms with Gasteiger partial charge in [0.1, 0.15) is 4.83 Å². The third kappa shape index (κ3) is 2.88. The lowest BCUT2D eigenvalue weighted by molar-refractivity contribution is 0.0600. The smallest absolute Gasteiger partial charge is 0.337 e. The Labute approximate surface area is 147 Å². The maximum absolute atomic E-state index is 12.5. The fourth-order valence-corrected chi connectivity index (χ4v) is 3.55. The molecule has 3 rings (SSSR count). The number of ether oxygens (including phenoxy) is 1. The highest BCUT2D eigenvalue weighted by atomic mass is 35.5. The zero-order valence-corrected chi connectivity index (χ0v) is 14.8. The average molecular weight is 364 g/mol. The lowest BCUT2D eigenvalue weighted by atomic mass is 10.2. The Bertz CT molecular complexity index is 927. The van der Waals surface area contributed by atoms with E-state index >= 15 is 0 Å². The van der Waals surface area contributed by atoms with Crippen molar-refractivity contribution in [2.75, 3.05) is 12.4 Å². The minimum atomic E-state index is -0.495. The first kappa shape index (κ1) is 16.5. The van der Waals surface area contributed by atoms with E-state index in [0.29, 0.717) is 21.2 Å². The van der Waals surface area contributed by atoms with E-state index in [-0.39, 0.29) is 5.91 Å². The van der Waals surface area contributed by atoms with Crippen molar-refractivity contribution in [1.82, 2.24) is 9.78 Å². The van der Waals surface area contributed by atoms with E-state index in [0.717, 1.165) is 15.9 Å². The number of fused-ring (bicyclic) bond motifs is 1. The molecular weight excluding hydrogens is 350 g/mol. The molecule has 0 aliphatic heterocycles. The monoisotopic (exact) mass is 363 g/mol. The van der Waals surface area contributed by atoms with Crippen molar-refractivity contribution in [3.8, 4) is 0 Å². The topological polar surface area (TPSA) is 73.2 Å². The summed E-state index contributed by atoms with van der Waals surface area (Å²) in [4.78, 5) is 25.6. The number of aromatic nitrogens is 2. The number of benzene rings is 1. The van der Waals surface area contributed by atoms with Gasteiger partial charge in [-0.2, -0.15) is 5.10 Å². The molecule has 1 amide bonds. The van der Waals surface area contributed by atoms with E-state index in [1.807, 2.05) is 14.0 Å². The summed E-state index contributed by atoms with van der Waals surface area (Å²) in [5.41, 5.74) is 1.54. The van der Waals surface area contributed by atoms with Crippen LogP contribution in [-0.4, -0.2) is 28.8 Å². The highest BCUT2D eigenvalue weighted by Crippen LogP contribution is 2.29. The van der Waals surface area contributed by atoms with Crippen LogP contribution in [0.2, 0.25) is 5.02 Å². The van der Waals surface area contributed by atoms with Gasteiger partial charge in [-0.15, -0.1) is 11.3 Å². The first-order valence-electron chi connectivity index (χ1n) is 7.03. The summed E-state index contributed by atoms with van der Waals surface area (Å²) in [5, 5.41) is 8.34. The van der Waals surface area contributed by atoms with Gasteiger partial charge in [-0.3, -0.25) is 9.48 Å². The van der Waals surface area contributed by atoms with Gasteiger partial charge in [-0.25, -0.2) is 4.79 Å². The summed E-state index contributed by atoms with van der Waals surface area (Å²) in [6.07, 6.45) is 0. The number of hydrogen-bond donors (Lipinski definition) is 1. The van der Waals surface area contributed by atoms with Gasteiger partial charge in [-0.1, -0.05) is 11.6 Å². The SMILES string of the molecule is COC(=O)c1ccc(Cl)c(NC(=O)c2cc3c(C)nn(C)c3s2)c1. The molecule has 0 saturated heterocycles.